The van der Waals surface area contributed by atoms with Gasteiger partial charge in [0.25, 0.3) is 0 Å². The number of nitrogens with zero attached hydrogens (tertiary/aromatic N) is 5. The van der Waals surface area contributed by atoms with Gasteiger partial charge in [0.15, 0.2) is 0 Å². The molecule has 3 aromatic rings. The molecule has 3 heterocycles. The summed E-state index contributed by atoms with van der Waals surface area (Å²) in [5.74, 6) is -5.21. The first kappa shape index (κ1) is 38.1. The Morgan fingerprint density at radius 1 is 1.06 bits per heavy atom. The Morgan fingerprint density at radius 2 is 1.75 bits per heavy atom. The molecule has 5 rings (SSSR count). The van der Waals surface area contributed by atoms with E-state index in [1.165, 1.54) is 29.7 Å². The van der Waals surface area contributed by atoms with Crippen LogP contribution in [0.4, 0.5) is 33.6 Å². The fraction of sp³-hybridized carbons (Fsp3) is 0.500. The molecule has 2 aliphatic rings. The van der Waals surface area contributed by atoms with E-state index in [4.69, 9.17) is 0 Å². The Balaban J connectivity index is 1.41. The number of carbonyl (C=O) groups excluding carboxylic acids is 1. The maximum atomic E-state index is 15.2. The molecular weight excluding hydrogens is 699 g/mol. The van der Waals surface area contributed by atoms with E-state index in [-0.39, 0.29) is 63.6 Å². The number of sulfonamides is 1. The van der Waals surface area contributed by atoms with Gasteiger partial charge in [-0.1, -0.05) is 12.1 Å². The summed E-state index contributed by atoms with van der Waals surface area (Å²) in [6.07, 6.45) is -0.0158. The normalized spacial score (nSPS) is 19.5. The van der Waals surface area contributed by atoms with E-state index >= 15 is 4.39 Å². The second-order valence-electron chi connectivity index (χ2n) is 13.9. The predicted octanol–water partition coefficient (Wildman–Crippen LogP) is 4.85. The van der Waals surface area contributed by atoms with E-state index in [0.29, 0.717) is 11.3 Å². The van der Waals surface area contributed by atoms with E-state index in [1.54, 1.807) is 15.7 Å². The Labute approximate surface area is 293 Å². The largest absolute Gasteiger partial charge is 0.481 e. The van der Waals surface area contributed by atoms with Crippen molar-refractivity contribution in [2.75, 3.05) is 56.2 Å². The molecule has 278 valence electrons. The van der Waals surface area contributed by atoms with E-state index < -0.39 is 68.6 Å². The summed E-state index contributed by atoms with van der Waals surface area (Å²) in [7, 11) is -2.09. The Kier molecular flexibility index (Phi) is 10.8. The van der Waals surface area contributed by atoms with Crippen molar-refractivity contribution in [1.82, 2.24) is 18.8 Å². The summed E-state index contributed by atoms with van der Waals surface area (Å²) in [5.41, 5.74) is -0.746. The lowest BCUT2D eigenvalue weighted by Crippen LogP contribution is -2.51. The van der Waals surface area contributed by atoms with Crippen molar-refractivity contribution in [2.24, 2.45) is 11.8 Å². The van der Waals surface area contributed by atoms with Crippen LogP contribution in [0.1, 0.15) is 49.3 Å². The third-order valence-electron chi connectivity index (χ3n) is 9.94. The highest BCUT2D eigenvalue weighted by Crippen LogP contribution is 2.39. The Bertz CT molecular complexity index is 1880. The zero-order chi connectivity index (χ0) is 37.5. The number of anilines is 2. The topological polar surface area (TPSA) is 128 Å². The van der Waals surface area contributed by atoms with Crippen molar-refractivity contribution in [2.45, 2.75) is 50.9 Å². The highest BCUT2D eigenvalue weighted by atomic mass is 32.2. The molecule has 17 heteroatoms. The summed E-state index contributed by atoms with van der Waals surface area (Å²) >= 11 is 0. The van der Waals surface area contributed by atoms with Gasteiger partial charge in [0.1, 0.15) is 11.6 Å². The summed E-state index contributed by atoms with van der Waals surface area (Å²) in [5, 5.41) is 12.2. The second kappa shape index (κ2) is 14.5. The van der Waals surface area contributed by atoms with Crippen molar-refractivity contribution < 1.29 is 45.1 Å². The minimum absolute atomic E-state index is 0.0135. The van der Waals surface area contributed by atoms with Crippen LogP contribution in [0.2, 0.25) is 0 Å². The van der Waals surface area contributed by atoms with Crippen molar-refractivity contribution in [3.05, 3.63) is 77.1 Å². The first-order chi connectivity index (χ1) is 23.7. The summed E-state index contributed by atoms with van der Waals surface area (Å²) < 4.78 is 97.4. The molecule has 1 aromatic heterocycles. The number of carboxylic acids is 1. The number of alkyl halides is 3. The molecule has 0 spiro atoms. The number of aromatic nitrogens is 2. The molecule has 2 atom stereocenters. The van der Waals surface area contributed by atoms with Gasteiger partial charge in [-0.3, -0.25) is 19.8 Å². The molecule has 1 amide bonds. The number of aliphatic carboxylic acids is 1. The number of carboxylic acid groups (broad SMARTS) is 1. The third-order valence-corrected chi connectivity index (χ3v) is 11.2. The fourth-order valence-corrected chi connectivity index (χ4v) is 7.48. The van der Waals surface area contributed by atoms with Gasteiger partial charge in [-0.05, 0) is 56.0 Å². The van der Waals surface area contributed by atoms with Gasteiger partial charge >= 0.3 is 12.1 Å². The number of benzene rings is 2. The van der Waals surface area contributed by atoms with Gasteiger partial charge in [-0.25, -0.2) is 26.5 Å². The third kappa shape index (κ3) is 8.69. The summed E-state index contributed by atoms with van der Waals surface area (Å²) in [4.78, 5) is 33.4. The lowest BCUT2D eigenvalue weighted by molar-refractivity contribution is -0.142. The number of halogens is 5. The van der Waals surface area contributed by atoms with Gasteiger partial charge in [0.2, 0.25) is 21.9 Å². The molecule has 0 bridgehead atoms. The SMILES string of the molecule is CN(CC(C)(C)N1C[C@@H](C(=O)Nc2nccn2Cc2ccc(C(F)(F)F)cc2N2CCC(C(=O)O)CC2)[C@H](c2ccc(F)cc2F)C1)S(C)(=O)=O. The monoisotopic (exact) mass is 740 g/mol. The van der Waals surface area contributed by atoms with Gasteiger partial charge in [-0.2, -0.15) is 13.2 Å². The lowest BCUT2D eigenvalue weighted by atomic mass is 9.88. The number of hydrogen-bond acceptors (Lipinski definition) is 7. The minimum atomic E-state index is -4.61. The maximum absolute atomic E-state index is 15.2. The van der Waals surface area contributed by atoms with E-state index in [9.17, 15) is 40.7 Å². The minimum Gasteiger partial charge on any atom is -0.481 e. The number of piperidine rings is 1. The van der Waals surface area contributed by atoms with Crippen molar-refractivity contribution in [1.29, 1.82) is 0 Å². The number of imidazole rings is 1. The van der Waals surface area contributed by atoms with Crippen LogP contribution in [0.25, 0.3) is 0 Å². The quantitative estimate of drug-likeness (QED) is 0.267. The number of hydrogen-bond donors (Lipinski definition) is 2. The fourth-order valence-electron chi connectivity index (χ4n) is 6.93. The molecule has 0 unspecified atom stereocenters. The van der Waals surface area contributed by atoms with Crippen LogP contribution in [-0.2, 0) is 32.3 Å². The number of likely N-dealkylation sites (N-methyl/N-ethyl adjacent to an activating group) is 1. The first-order valence-corrected chi connectivity index (χ1v) is 18.2. The number of nitrogens with one attached hydrogen (secondary N) is 1. The molecule has 0 saturated carbocycles. The molecule has 0 radical (unpaired) electrons. The molecule has 51 heavy (non-hydrogen) atoms. The van der Waals surface area contributed by atoms with Crippen LogP contribution in [0, 0.1) is 23.5 Å². The number of rotatable bonds is 11. The summed E-state index contributed by atoms with van der Waals surface area (Å²) in [6.45, 7) is 4.47. The molecule has 2 N–H and O–H groups in total. The maximum Gasteiger partial charge on any atom is 0.416 e. The average molecular weight is 741 g/mol. The molecule has 2 fully saturated rings. The smallest absolute Gasteiger partial charge is 0.416 e. The first-order valence-electron chi connectivity index (χ1n) is 16.4. The van der Waals surface area contributed by atoms with Crippen molar-refractivity contribution in [3.63, 3.8) is 0 Å². The van der Waals surface area contributed by atoms with Crippen LogP contribution < -0.4 is 10.2 Å². The van der Waals surface area contributed by atoms with Gasteiger partial charge < -0.3 is 14.6 Å². The van der Waals surface area contributed by atoms with E-state index in [1.807, 2.05) is 18.7 Å². The number of amides is 1. The standard InChI is InChI=1S/C34H41F5N6O5S/c1-33(2,20-42(3)51(4,49)50)45-18-26(25-8-7-24(35)16-28(25)36)27(19-45)30(46)41-32-40-11-14-44(32)17-22-5-6-23(34(37,38)39)15-29(22)43-12-9-21(10-13-43)31(47)48/h5-8,11,14-16,21,26-27H,9-10,12-13,17-20H2,1-4H3,(H,47,48)(H,40,41,46)/t26-,27+/m0/s1. The molecular formula is C34H41F5N6O5S. The van der Waals surface area contributed by atoms with E-state index in [2.05, 4.69) is 10.3 Å². The van der Waals surface area contributed by atoms with Crippen LogP contribution in [0.5, 0.6) is 0 Å². The zero-order valence-electron chi connectivity index (χ0n) is 28.6. The summed E-state index contributed by atoms with van der Waals surface area (Å²) in [6, 6.07) is 6.51. The van der Waals surface area contributed by atoms with Crippen LogP contribution >= 0.6 is 0 Å². The number of likely N-dealkylation sites (tertiary alicyclic amines) is 1. The highest BCUT2D eigenvalue weighted by Gasteiger charge is 2.45. The highest BCUT2D eigenvalue weighted by molar-refractivity contribution is 7.88. The molecule has 2 aromatic carbocycles. The van der Waals surface area contributed by atoms with Gasteiger partial charge in [-0.15, -0.1) is 0 Å². The second-order valence-corrected chi connectivity index (χ2v) is 16.0. The van der Waals surface area contributed by atoms with Crippen LogP contribution in [0.15, 0.2) is 48.8 Å². The van der Waals surface area contributed by atoms with Crippen LogP contribution in [-0.4, -0.2) is 95.7 Å². The molecule has 0 aliphatic carbocycles. The zero-order valence-corrected chi connectivity index (χ0v) is 29.4. The van der Waals surface area contributed by atoms with E-state index in [0.717, 1.165) is 30.5 Å². The number of carbonyl (C=O) groups is 2. The molecule has 11 nitrogen and oxygen atoms in total. The predicted molar refractivity (Wildman–Crippen MR) is 180 cm³/mol. The van der Waals surface area contributed by atoms with Gasteiger partial charge in [0, 0.05) is 75.4 Å². The molecule has 2 aliphatic heterocycles. The van der Waals surface area contributed by atoms with Crippen LogP contribution in [0.3, 0.4) is 0 Å². The van der Waals surface area contributed by atoms with Crippen molar-refractivity contribution in [3.8, 4) is 0 Å². The Hall–Kier alpha value is -4.09. The average Bonchev–Trinajstić information content (AvgIpc) is 3.68. The van der Waals surface area contributed by atoms with Crippen molar-refractivity contribution >= 4 is 33.5 Å². The molecule has 2 saturated heterocycles. The van der Waals surface area contributed by atoms with Gasteiger partial charge in [0.05, 0.1) is 30.2 Å². The lowest BCUT2D eigenvalue weighted by Gasteiger charge is -2.38. The Morgan fingerprint density at radius 3 is 2.35 bits per heavy atom.